The molecule has 0 saturated heterocycles. The van der Waals surface area contributed by atoms with E-state index in [2.05, 4.69) is 25.6 Å². The summed E-state index contributed by atoms with van der Waals surface area (Å²) in [4.78, 5) is 35.9. The van der Waals surface area contributed by atoms with Gasteiger partial charge in [0.1, 0.15) is 11.9 Å². The van der Waals surface area contributed by atoms with Crippen LogP contribution in [0.2, 0.25) is 0 Å². The number of nitrogens with zero attached hydrogens (tertiary/aromatic N) is 3. The highest BCUT2D eigenvalue weighted by Gasteiger charge is 2.24. The Morgan fingerprint density at radius 1 is 1.25 bits per heavy atom. The zero-order valence-corrected chi connectivity index (χ0v) is 16.3. The van der Waals surface area contributed by atoms with Crippen LogP contribution in [0, 0.1) is 5.41 Å². The van der Waals surface area contributed by atoms with Crippen molar-refractivity contribution < 1.29 is 14.3 Å². The van der Waals surface area contributed by atoms with Gasteiger partial charge in [0.25, 0.3) is 5.91 Å². The van der Waals surface area contributed by atoms with Gasteiger partial charge < -0.3 is 26.8 Å². The second kappa shape index (κ2) is 8.51. The molecule has 2 amide bonds. The van der Waals surface area contributed by atoms with Crippen LogP contribution in [0.15, 0.2) is 24.5 Å². The highest BCUT2D eigenvalue weighted by atomic mass is 16.5. The van der Waals surface area contributed by atoms with Crippen LogP contribution in [0.5, 0.6) is 5.88 Å². The molecule has 6 N–H and O–H groups in total. The van der Waals surface area contributed by atoms with Crippen molar-refractivity contribution in [1.29, 1.82) is 0 Å². The van der Waals surface area contributed by atoms with Gasteiger partial charge in [-0.15, -0.1) is 0 Å². The van der Waals surface area contributed by atoms with E-state index in [1.54, 1.807) is 12.1 Å². The molecular weight excluding hydrogens is 362 g/mol. The van der Waals surface area contributed by atoms with Gasteiger partial charge >= 0.3 is 0 Å². The molecule has 0 fully saturated rings. The molecule has 0 bridgehead atoms. The van der Waals surface area contributed by atoms with E-state index in [0.29, 0.717) is 18.0 Å². The van der Waals surface area contributed by atoms with Crippen LogP contribution in [0.1, 0.15) is 37.7 Å². The maximum Gasteiger partial charge on any atom is 0.271 e. The number of anilines is 3. The number of carbonyl (C=O) groups is 2. The molecule has 10 heteroatoms. The summed E-state index contributed by atoms with van der Waals surface area (Å²) in [6, 6.07) is 2.64. The van der Waals surface area contributed by atoms with Crippen molar-refractivity contribution in [3.05, 3.63) is 30.2 Å². The molecule has 2 heterocycles. The first-order chi connectivity index (χ1) is 13.1. The molecule has 1 atom stereocenters. The molecule has 0 aliphatic rings. The fraction of sp³-hybridized carbons (Fsp3) is 0.389. The van der Waals surface area contributed by atoms with Crippen molar-refractivity contribution in [3.63, 3.8) is 0 Å². The van der Waals surface area contributed by atoms with E-state index < -0.39 is 17.9 Å². The average Bonchev–Trinajstić information content (AvgIpc) is 2.60. The molecule has 0 aliphatic heterocycles. The third-order valence-electron chi connectivity index (χ3n) is 3.69. The van der Waals surface area contributed by atoms with Gasteiger partial charge in [0, 0.05) is 18.0 Å². The summed E-state index contributed by atoms with van der Waals surface area (Å²) in [5.74, 6) is -0.467. The van der Waals surface area contributed by atoms with Crippen molar-refractivity contribution in [3.8, 4) is 5.88 Å². The van der Waals surface area contributed by atoms with Gasteiger partial charge in [-0.2, -0.15) is 0 Å². The van der Waals surface area contributed by atoms with E-state index in [9.17, 15) is 9.59 Å². The summed E-state index contributed by atoms with van der Waals surface area (Å²) in [5.41, 5.74) is 11.3. The summed E-state index contributed by atoms with van der Waals surface area (Å²) in [7, 11) is 1.49. The van der Waals surface area contributed by atoms with Crippen molar-refractivity contribution >= 4 is 29.1 Å². The van der Waals surface area contributed by atoms with Gasteiger partial charge in [-0.25, -0.2) is 15.0 Å². The first-order valence-corrected chi connectivity index (χ1v) is 8.59. The molecule has 0 aromatic carbocycles. The minimum Gasteiger partial charge on any atom is -0.481 e. The predicted molar refractivity (Wildman–Crippen MR) is 105 cm³/mol. The van der Waals surface area contributed by atoms with Crippen molar-refractivity contribution in [2.24, 2.45) is 16.9 Å². The number of primary amides is 2. The maximum atomic E-state index is 11.8. The number of nitrogens with one attached hydrogen (secondary N) is 2. The molecule has 150 valence electrons. The fourth-order valence-corrected chi connectivity index (χ4v) is 2.48. The second-order valence-corrected chi connectivity index (χ2v) is 7.39. The maximum absolute atomic E-state index is 11.8. The third-order valence-corrected chi connectivity index (χ3v) is 3.69. The quantitative estimate of drug-likeness (QED) is 0.529. The highest BCUT2D eigenvalue weighted by molar-refractivity contribution is 5.96. The lowest BCUT2D eigenvalue weighted by atomic mass is 9.88. The first-order valence-electron chi connectivity index (χ1n) is 8.59. The van der Waals surface area contributed by atoms with Crippen LogP contribution in [-0.2, 0) is 4.79 Å². The molecule has 10 nitrogen and oxygen atoms in total. The van der Waals surface area contributed by atoms with Crippen LogP contribution in [0.4, 0.5) is 17.3 Å². The molecule has 2 rings (SSSR count). The molecule has 0 spiro atoms. The molecular formula is C18H25N7O3. The zero-order chi connectivity index (χ0) is 20.9. The fourth-order valence-electron chi connectivity index (χ4n) is 2.48. The summed E-state index contributed by atoms with van der Waals surface area (Å²) >= 11 is 0. The Bertz CT molecular complexity index is 864. The van der Waals surface area contributed by atoms with Gasteiger partial charge in [-0.1, -0.05) is 20.8 Å². The lowest BCUT2D eigenvalue weighted by molar-refractivity contribution is -0.119. The topological polar surface area (TPSA) is 158 Å². The molecule has 0 saturated carbocycles. The third kappa shape index (κ3) is 5.79. The molecule has 0 radical (unpaired) electrons. The minimum atomic E-state index is -0.747. The van der Waals surface area contributed by atoms with Gasteiger partial charge in [0.2, 0.25) is 11.8 Å². The number of amides is 2. The highest BCUT2D eigenvalue weighted by Crippen LogP contribution is 2.24. The number of hydrogen-bond acceptors (Lipinski definition) is 8. The summed E-state index contributed by atoms with van der Waals surface area (Å²) in [6.45, 7) is 5.99. The molecule has 2 aromatic rings. The number of nitrogens with two attached hydrogens (primary N) is 2. The van der Waals surface area contributed by atoms with Crippen molar-refractivity contribution in [2.75, 3.05) is 17.7 Å². The van der Waals surface area contributed by atoms with E-state index in [1.807, 2.05) is 20.8 Å². The Morgan fingerprint density at radius 3 is 2.54 bits per heavy atom. The lowest BCUT2D eigenvalue weighted by Gasteiger charge is -2.25. The Labute approximate surface area is 163 Å². The first kappa shape index (κ1) is 20.9. The normalized spacial score (nSPS) is 12.1. The second-order valence-electron chi connectivity index (χ2n) is 7.39. The van der Waals surface area contributed by atoms with Gasteiger partial charge in [0.05, 0.1) is 13.3 Å². The summed E-state index contributed by atoms with van der Waals surface area (Å²) in [5, 5.41) is 5.94. The smallest absolute Gasteiger partial charge is 0.271 e. The lowest BCUT2D eigenvalue weighted by Crippen LogP contribution is -2.38. The standard InChI is InChI=1S/C18H25N7O3/c1-18(2,3)8-11(15(19)26)24-12-9-22-14(16(20)27)17(25-12)23-10-5-6-21-13(7-10)28-4/h5-7,9,11H,8H2,1-4H3,(H2,19,26)(H2,20,27)(H2,21,23,24,25)/t11-/m1/s1. The molecule has 0 unspecified atom stereocenters. The van der Waals surface area contributed by atoms with E-state index in [1.165, 1.54) is 19.5 Å². The van der Waals surface area contributed by atoms with Crippen LogP contribution in [0.25, 0.3) is 0 Å². The predicted octanol–water partition coefficient (Wildman–Crippen LogP) is 1.42. The van der Waals surface area contributed by atoms with Crippen LogP contribution in [-0.4, -0.2) is 39.9 Å². The number of hydrogen-bond donors (Lipinski definition) is 4. The Morgan fingerprint density at radius 2 is 1.96 bits per heavy atom. The summed E-state index contributed by atoms with van der Waals surface area (Å²) < 4.78 is 5.08. The Hall–Kier alpha value is -3.43. The van der Waals surface area contributed by atoms with E-state index in [4.69, 9.17) is 16.2 Å². The monoisotopic (exact) mass is 387 g/mol. The van der Waals surface area contributed by atoms with Crippen LogP contribution >= 0.6 is 0 Å². The van der Waals surface area contributed by atoms with Gasteiger partial charge in [0.15, 0.2) is 11.5 Å². The number of ether oxygens (including phenoxy) is 1. The molecule has 2 aromatic heterocycles. The number of pyridine rings is 1. The van der Waals surface area contributed by atoms with E-state index in [-0.39, 0.29) is 22.7 Å². The largest absolute Gasteiger partial charge is 0.481 e. The molecule has 0 aliphatic carbocycles. The SMILES string of the molecule is COc1cc(Nc2nc(N[C@H](CC(C)(C)C)C(N)=O)cnc2C(N)=O)ccn1. The van der Waals surface area contributed by atoms with Crippen molar-refractivity contribution in [2.45, 2.75) is 33.2 Å². The van der Waals surface area contributed by atoms with Gasteiger partial charge in [-0.05, 0) is 17.9 Å². The number of aromatic nitrogens is 3. The number of rotatable bonds is 8. The zero-order valence-electron chi connectivity index (χ0n) is 16.3. The minimum absolute atomic E-state index is 0.0484. The molecule has 28 heavy (non-hydrogen) atoms. The van der Waals surface area contributed by atoms with E-state index in [0.717, 1.165) is 0 Å². The van der Waals surface area contributed by atoms with Crippen LogP contribution < -0.4 is 26.8 Å². The number of methoxy groups -OCH3 is 1. The van der Waals surface area contributed by atoms with Crippen LogP contribution in [0.3, 0.4) is 0 Å². The number of carbonyl (C=O) groups excluding carboxylic acids is 2. The summed E-state index contributed by atoms with van der Waals surface area (Å²) in [6.07, 6.45) is 3.36. The van der Waals surface area contributed by atoms with E-state index >= 15 is 0 Å². The van der Waals surface area contributed by atoms with Crippen molar-refractivity contribution in [1.82, 2.24) is 15.0 Å². The average molecular weight is 387 g/mol. The van der Waals surface area contributed by atoms with Gasteiger partial charge in [-0.3, -0.25) is 9.59 Å². The Balaban J connectivity index is 2.33. The Kier molecular flexibility index (Phi) is 6.34.